The summed E-state index contributed by atoms with van der Waals surface area (Å²) in [6, 6.07) is 6.12. The molecule has 3 rings (SSSR count). The molecule has 0 amide bonds. The summed E-state index contributed by atoms with van der Waals surface area (Å²) < 4.78 is 1.67. The van der Waals surface area contributed by atoms with Crippen molar-refractivity contribution in [1.29, 1.82) is 0 Å². The van der Waals surface area contributed by atoms with Gasteiger partial charge in [0.1, 0.15) is 6.54 Å². The topological polar surface area (TPSA) is 58.4 Å². The average Bonchev–Trinajstić information content (AvgIpc) is 2.65. The van der Waals surface area contributed by atoms with Crippen molar-refractivity contribution in [3.8, 4) is 0 Å². The molecule has 0 unspecified atom stereocenters. The molecule has 0 bridgehead atoms. The monoisotopic (exact) mass is 273 g/mol. The molecule has 1 saturated heterocycles. The summed E-state index contributed by atoms with van der Waals surface area (Å²) in [7, 11) is 0. The highest BCUT2D eigenvalue weighted by Gasteiger charge is 2.12. The predicted octanol–water partition coefficient (Wildman–Crippen LogP) is 2.50. The van der Waals surface area contributed by atoms with Gasteiger partial charge >= 0.3 is 5.97 Å². The first-order chi connectivity index (χ1) is 9.74. The number of hydrogen-bond acceptors (Lipinski definition) is 3. The number of aromatic nitrogens is 2. The summed E-state index contributed by atoms with van der Waals surface area (Å²) >= 11 is 0. The molecule has 0 radical (unpaired) electrons. The van der Waals surface area contributed by atoms with Crippen LogP contribution in [0, 0.1) is 0 Å². The second kappa shape index (κ2) is 5.53. The van der Waals surface area contributed by atoms with Crippen LogP contribution in [0.3, 0.4) is 0 Å². The van der Waals surface area contributed by atoms with Gasteiger partial charge in [0.15, 0.2) is 0 Å². The predicted molar refractivity (Wildman–Crippen MR) is 78.0 cm³/mol. The quantitative estimate of drug-likeness (QED) is 0.933. The molecule has 0 saturated carbocycles. The second-order valence-electron chi connectivity index (χ2n) is 5.34. The number of benzene rings is 1. The van der Waals surface area contributed by atoms with E-state index in [1.807, 2.05) is 6.07 Å². The highest BCUT2D eigenvalue weighted by atomic mass is 16.4. The number of carbonyl (C=O) groups is 1. The molecule has 5 heteroatoms. The number of anilines is 1. The Kier molecular flexibility index (Phi) is 3.58. The van der Waals surface area contributed by atoms with Gasteiger partial charge in [-0.1, -0.05) is 12.8 Å². The molecule has 1 aromatic carbocycles. The largest absolute Gasteiger partial charge is 0.480 e. The highest BCUT2D eigenvalue weighted by molar-refractivity contribution is 5.81. The zero-order valence-electron chi connectivity index (χ0n) is 11.5. The Hall–Kier alpha value is -2.04. The van der Waals surface area contributed by atoms with Crippen molar-refractivity contribution in [2.24, 2.45) is 0 Å². The molecule has 1 aliphatic heterocycles. The zero-order chi connectivity index (χ0) is 13.9. The van der Waals surface area contributed by atoms with Crippen molar-refractivity contribution >= 4 is 22.7 Å². The molecule has 20 heavy (non-hydrogen) atoms. The first kappa shape index (κ1) is 13.0. The van der Waals surface area contributed by atoms with Gasteiger partial charge in [-0.3, -0.25) is 4.79 Å². The number of imidazole rings is 1. The highest BCUT2D eigenvalue weighted by Crippen LogP contribution is 2.24. The molecular weight excluding hydrogens is 254 g/mol. The lowest BCUT2D eigenvalue weighted by atomic mass is 10.2. The minimum atomic E-state index is -0.846. The number of hydrogen-bond donors (Lipinski definition) is 1. The molecule has 1 fully saturated rings. The van der Waals surface area contributed by atoms with Gasteiger partial charge < -0.3 is 14.6 Å². The lowest BCUT2D eigenvalue weighted by Crippen LogP contribution is -2.23. The SMILES string of the molecule is O=C(O)Cn1cnc2cc(N3CCCCCC3)ccc21. The number of aliphatic carboxylic acids is 1. The third kappa shape index (κ3) is 2.61. The molecule has 106 valence electrons. The number of fused-ring (bicyclic) bond motifs is 1. The van der Waals surface area contributed by atoms with E-state index in [0.717, 1.165) is 24.1 Å². The van der Waals surface area contributed by atoms with Crippen LogP contribution in [0.2, 0.25) is 0 Å². The third-order valence-corrected chi connectivity index (χ3v) is 3.88. The third-order valence-electron chi connectivity index (χ3n) is 3.88. The summed E-state index contributed by atoms with van der Waals surface area (Å²) in [5.41, 5.74) is 2.94. The molecule has 1 N–H and O–H groups in total. The van der Waals surface area contributed by atoms with Crippen molar-refractivity contribution in [3.05, 3.63) is 24.5 Å². The first-order valence-electron chi connectivity index (χ1n) is 7.16. The number of carboxylic acid groups (broad SMARTS) is 1. The van der Waals surface area contributed by atoms with Crippen molar-refractivity contribution in [2.45, 2.75) is 32.2 Å². The van der Waals surface area contributed by atoms with Gasteiger partial charge in [0.05, 0.1) is 17.4 Å². The zero-order valence-corrected chi connectivity index (χ0v) is 11.5. The summed E-state index contributed by atoms with van der Waals surface area (Å²) in [5.74, 6) is -0.846. The molecule has 0 spiro atoms. The Labute approximate surface area is 117 Å². The minimum Gasteiger partial charge on any atom is -0.480 e. The van der Waals surface area contributed by atoms with E-state index in [0.29, 0.717) is 0 Å². The molecule has 1 aromatic heterocycles. The minimum absolute atomic E-state index is 0.0421. The van der Waals surface area contributed by atoms with E-state index in [1.54, 1.807) is 10.9 Å². The van der Waals surface area contributed by atoms with E-state index in [9.17, 15) is 4.79 Å². The molecule has 1 aliphatic rings. The van der Waals surface area contributed by atoms with Gasteiger partial charge in [-0.2, -0.15) is 0 Å². The van der Waals surface area contributed by atoms with Gasteiger partial charge in [0.25, 0.3) is 0 Å². The van der Waals surface area contributed by atoms with Crippen molar-refractivity contribution in [2.75, 3.05) is 18.0 Å². The van der Waals surface area contributed by atoms with E-state index >= 15 is 0 Å². The molecule has 2 aromatic rings. The van der Waals surface area contributed by atoms with Gasteiger partial charge in [-0.15, -0.1) is 0 Å². The van der Waals surface area contributed by atoms with Gasteiger partial charge in [0, 0.05) is 18.8 Å². The molecule has 2 heterocycles. The van der Waals surface area contributed by atoms with Gasteiger partial charge in [-0.25, -0.2) is 4.98 Å². The summed E-state index contributed by atoms with van der Waals surface area (Å²) in [6.45, 7) is 2.16. The summed E-state index contributed by atoms with van der Waals surface area (Å²) in [6.07, 6.45) is 6.71. The van der Waals surface area contributed by atoms with Gasteiger partial charge in [0.2, 0.25) is 0 Å². The van der Waals surface area contributed by atoms with Crippen LogP contribution < -0.4 is 4.90 Å². The fourth-order valence-electron chi connectivity index (χ4n) is 2.85. The maximum Gasteiger partial charge on any atom is 0.323 e. The molecule has 0 aliphatic carbocycles. The van der Waals surface area contributed by atoms with Crippen molar-refractivity contribution in [1.82, 2.24) is 9.55 Å². The Morgan fingerprint density at radius 1 is 1.20 bits per heavy atom. The van der Waals surface area contributed by atoms with E-state index in [2.05, 4.69) is 22.0 Å². The fourth-order valence-corrected chi connectivity index (χ4v) is 2.85. The van der Waals surface area contributed by atoms with E-state index < -0.39 is 5.97 Å². The Morgan fingerprint density at radius 3 is 2.65 bits per heavy atom. The number of nitrogens with zero attached hydrogens (tertiary/aromatic N) is 3. The summed E-state index contributed by atoms with van der Waals surface area (Å²) in [4.78, 5) is 17.5. The van der Waals surface area contributed by atoms with Crippen LogP contribution in [0.1, 0.15) is 25.7 Å². The fraction of sp³-hybridized carbons (Fsp3) is 0.467. The van der Waals surface area contributed by atoms with Crippen LogP contribution in [0.25, 0.3) is 11.0 Å². The maximum absolute atomic E-state index is 10.8. The molecule has 0 atom stereocenters. The molecule has 5 nitrogen and oxygen atoms in total. The standard InChI is InChI=1S/C15H19N3O2/c19-15(20)10-18-11-16-13-9-12(5-6-14(13)18)17-7-3-1-2-4-8-17/h5-6,9,11H,1-4,7-8,10H2,(H,19,20). The van der Waals surface area contributed by atoms with Crippen molar-refractivity contribution < 1.29 is 9.90 Å². The average molecular weight is 273 g/mol. The van der Waals surface area contributed by atoms with Crippen LogP contribution in [0.4, 0.5) is 5.69 Å². The normalized spacial score (nSPS) is 16.3. The van der Waals surface area contributed by atoms with Crippen LogP contribution in [0.5, 0.6) is 0 Å². The number of rotatable bonds is 3. The Bertz CT molecular complexity index is 613. The van der Waals surface area contributed by atoms with Crippen molar-refractivity contribution in [3.63, 3.8) is 0 Å². The van der Waals surface area contributed by atoms with Crippen LogP contribution in [-0.2, 0) is 11.3 Å². The van der Waals surface area contributed by atoms with Crippen LogP contribution >= 0.6 is 0 Å². The van der Waals surface area contributed by atoms with E-state index in [4.69, 9.17) is 5.11 Å². The smallest absolute Gasteiger partial charge is 0.323 e. The van der Waals surface area contributed by atoms with Crippen LogP contribution in [0.15, 0.2) is 24.5 Å². The lowest BCUT2D eigenvalue weighted by molar-refractivity contribution is -0.137. The lowest BCUT2D eigenvalue weighted by Gasteiger charge is -2.22. The summed E-state index contributed by atoms with van der Waals surface area (Å²) in [5, 5.41) is 8.88. The number of carboxylic acids is 1. The van der Waals surface area contributed by atoms with Gasteiger partial charge in [-0.05, 0) is 31.0 Å². The first-order valence-corrected chi connectivity index (χ1v) is 7.16. The Balaban J connectivity index is 1.89. The van der Waals surface area contributed by atoms with Crippen LogP contribution in [-0.4, -0.2) is 33.7 Å². The van der Waals surface area contributed by atoms with E-state index in [1.165, 1.54) is 31.4 Å². The molecular formula is C15H19N3O2. The maximum atomic E-state index is 10.8. The second-order valence-corrected chi connectivity index (χ2v) is 5.34. The van der Waals surface area contributed by atoms with E-state index in [-0.39, 0.29) is 6.54 Å². The Morgan fingerprint density at radius 2 is 1.95 bits per heavy atom.